The molecule has 1 unspecified atom stereocenters. The minimum absolute atomic E-state index is 0.0229. The molecule has 0 heterocycles. The minimum Gasteiger partial charge on any atom is -0.465 e. The van der Waals surface area contributed by atoms with E-state index in [0.29, 0.717) is 29.7 Å². The van der Waals surface area contributed by atoms with Gasteiger partial charge in [-0.3, -0.25) is 4.72 Å². The number of aliphatic hydroxyl groups excluding tert-OH is 1. The number of imide groups is 1. The summed E-state index contributed by atoms with van der Waals surface area (Å²) in [5.74, 6) is -0.534. The Kier molecular flexibility index (Phi) is 10.5. The summed E-state index contributed by atoms with van der Waals surface area (Å²) in [6.07, 6.45) is -0.666. The molecule has 0 aliphatic rings. The number of hydrogen-bond acceptors (Lipinski definition) is 5. The number of benzene rings is 2. The van der Waals surface area contributed by atoms with Crippen LogP contribution in [0.4, 0.5) is 15.3 Å². The Morgan fingerprint density at radius 1 is 1.00 bits per heavy atom. The lowest BCUT2D eigenvalue weighted by molar-refractivity contribution is 0.129. The molecule has 2 aromatic rings. The molecule has 3 N–H and O–H groups in total. The van der Waals surface area contributed by atoms with Gasteiger partial charge in [0.1, 0.15) is 5.88 Å². The van der Waals surface area contributed by atoms with Crippen molar-refractivity contribution in [1.82, 2.24) is 9.80 Å². The second-order valence-corrected chi connectivity index (χ2v) is 10.6. The molecule has 0 aliphatic carbocycles. The van der Waals surface area contributed by atoms with Gasteiger partial charge in [0.25, 0.3) is 10.0 Å². The largest absolute Gasteiger partial charge is 0.465 e. The maximum absolute atomic E-state index is 13.2. The highest BCUT2D eigenvalue weighted by atomic mass is 32.2. The molecule has 192 valence electrons. The number of aliphatic hydroxyl groups is 1. The van der Waals surface area contributed by atoms with Gasteiger partial charge in [-0.15, -0.1) is 0 Å². The standard InChI is InChI=1S/C25H35N3O6S/c1-19(2)14-16-28(25(31)32)24(30)27(15-8-11-21-9-5-4-6-10-21)18-35(33,34)26-23-13-7-12-22(17-23)20(3)29/h4-7,9-10,12-13,17,19-20,26,29H,8,11,14-16,18H2,1-3H3,(H,31,32). The molecule has 2 rings (SSSR count). The van der Waals surface area contributed by atoms with Crippen LogP contribution in [-0.2, 0) is 16.4 Å². The number of carbonyl (C=O) groups excluding carboxylic acids is 1. The molecule has 0 aromatic heterocycles. The van der Waals surface area contributed by atoms with Crippen molar-refractivity contribution in [3.63, 3.8) is 0 Å². The molecule has 3 amide bonds. The van der Waals surface area contributed by atoms with Crippen molar-refractivity contribution in [2.45, 2.75) is 46.1 Å². The van der Waals surface area contributed by atoms with E-state index in [1.165, 1.54) is 12.1 Å². The summed E-state index contributed by atoms with van der Waals surface area (Å²) >= 11 is 0. The number of carboxylic acid groups (broad SMARTS) is 1. The van der Waals surface area contributed by atoms with Crippen LogP contribution >= 0.6 is 0 Å². The van der Waals surface area contributed by atoms with E-state index in [0.717, 1.165) is 10.5 Å². The average molecular weight is 506 g/mol. The SMILES string of the molecule is CC(C)CCN(C(=O)O)C(=O)N(CCCc1ccccc1)CS(=O)(=O)Nc1cccc(C(C)O)c1. The zero-order valence-corrected chi connectivity index (χ0v) is 21.2. The number of rotatable bonds is 12. The fourth-order valence-corrected chi connectivity index (χ4v) is 4.64. The van der Waals surface area contributed by atoms with Gasteiger partial charge in [0.2, 0.25) is 0 Å². The molecule has 2 aromatic carbocycles. The molecule has 0 radical (unpaired) electrons. The zero-order valence-electron chi connectivity index (χ0n) is 20.4. The molecular formula is C25H35N3O6S. The molecule has 0 saturated carbocycles. The van der Waals surface area contributed by atoms with Gasteiger partial charge in [-0.05, 0) is 55.4 Å². The Labute approximate surface area is 207 Å². The van der Waals surface area contributed by atoms with Crippen LogP contribution in [0.15, 0.2) is 54.6 Å². The normalized spacial score (nSPS) is 12.3. The summed E-state index contributed by atoms with van der Waals surface area (Å²) in [7, 11) is -4.05. The molecule has 1 atom stereocenters. The molecule has 9 nitrogen and oxygen atoms in total. The monoisotopic (exact) mass is 505 g/mol. The fourth-order valence-electron chi connectivity index (χ4n) is 3.44. The summed E-state index contributed by atoms with van der Waals surface area (Å²) in [5, 5.41) is 19.4. The number of sulfonamides is 1. The van der Waals surface area contributed by atoms with Crippen LogP contribution in [0.5, 0.6) is 0 Å². The van der Waals surface area contributed by atoms with E-state index in [1.54, 1.807) is 19.1 Å². The smallest absolute Gasteiger partial charge is 0.415 e. The number of nitrogens with zero attached hydrogens (tertiary/aromatic N) is 2. The molecule has 0 fully saturated rings. The highest BCUT2D eigenvalue weighted by Crippen LogP contribution is 2.19. The highest BCUT2D eigenvalue weighted by Gasteiger charge is 2.29. The van der Waals surface area contributed by atoms with Gasteiger partial charge >= 0.3 is 12.1 Å². The lowest BCUT2D eigenvalue weighted by Gasteiger charge is -2.28. The summed E-state index contributed by atoms with van der Waals surface area (Å²) in [6.45, 7) is 5.44. The molecule has 0 saturated heterocycles. The van der Waals surface area contributed by atoms with E-state index >= 15 is 0 Å². The number of urea groups is 1. The number of anilines is 1. The second-order valence-electron chi connectivity index (χ2n) is 8.90. The van der Waals surface area contributed by atoms with Crippen molar-refractivity contribution in [1.29, 1.82) is 0 Å². The summed E-state index contributed by atoms with van der Waals surface area (Å²) in [6, 6.07) is 15.0. The number of aryl methyl sites for hydroxylation is 1. The van der Waals surface area contributed by atoms with Crippen molar-refractivity contribution in [3.8, 4) is 0 Å². The van der Waals surface area contributed by atoms with Gasteiger partial charge in [0.15, 0.2) is 0 Å². The van der Waals surface area contributed by atoms with Crippen LogP contribution in [0.25, 0.3) is 0 Å². The summed E-state index contributed by atoms with van der Waals surface area (Å²) < 4.78 is 28.3. The van der Waals surface area contributed by atoms with Gasteiger partial charge in [0, 0.05) is 18.8 Å². The van der Waals surface area contributed by atoms with E-state index in [-0.39, 0.29) is 24.7 Å². The first-order valence-corrected chi connectivity index (χ1v) is 13.3. The van der Waals surface area contributed by atoms with Crippen molar-refractivity contribution in [2.75, 3.05) is 23.7 Å². The van der Waals surface area contributed by atoms with Gasteiger partial charge in [-0.25, -0.2) is 22.9 Å². The summed E-state index contributed by atoms with van der Waals surface area (Å²) in [4.78, 5) is 26.7. The molecule has 0 spiro atoms. The Morgan fingerprint density at radius 3 is 2.29 bits per heavy atom. The zero-order chi connectivity index (χ0) is 26.0. The van der Waals surface area contributed by atoms with Crippen LogP contribution in [0.2, 0.25) is 0 Å². The van der Waals surface area contributed by atoms with Crippen molar-refractivity contribution in [3.05, 3.63) is 65.7 Å². The van der Waals surface area contributed by atoms with Crippen molar-refractivity contribution >= 4 is 27.8 Å². The third kappa shape index (κ3) is 9.58. The van der Waals surface area contributed by atoms with Gasteiger partial charge < -0.3 is 15.1 Å². The topological polar surface area (TPSA) is 127 Å². The van der Waals surface area contributed by atoms with E-state index in [2.05, 4.69) is 4.72 Å². The Morgan fingerprint density at radius 2 is 1.69 bits per heavy atom. The minimum atomic E-state index is -4.05. The first kappa shape index (κ1) is 28.1. The lowest BCUT2D eigenvalue weighted by Crippen LogP contribution is -2.49. The fraction of sp³-hybridized carbons (Fsp3) is 0.440. The third-order valence-corrected chi connectivity index (χ3v) is 6.57. The second kappa shape index (κ2) is 13.1. The van der Waals surface area contributed by atoms with Crippen LogP contribution in [-0.4, -0.2) is 59.5 Å². The maximum atomic E-state index is 13.2. The quantitative estimate of drug-likeness (QED) is 0.389. The number of amides is 3. The number of nitrogens with one attached hydrogen (secondary N) is 1. The molecule has 0 bridgehead atoms. The van der Waals surface area contributed by atoms with Crippen LogP contribution in [0, 0.1) is 5.92 Å². The average Bonchev–Trinajstić information content (AvgIpc) is 2.78. The third-order valence-electron chi connectivity index (χ3n) is 5.37. The molecule has 35 heavy (non-hydrogen) atoms. The Balaban J connectivity index is 2.21. The highest BCUT2D eigenvalue weighted by molar-refractivity contribution is 7.92. The van der Waals surface area contributed by atoms with Crippen LogP contribution < -0.4 is 4.72 Å². The van der Waals surface area contributed by atoms with Crippen LogP contribution in [0.3, 0.4) is 0 Å². The lowest BCUT2D eigenvalue weighted by atomic mass is 10.1. The number of carbonyl (C=O) groups is 2. The Bertz CT molecular complexity index is 1070. The van der Waals surface area contributed by atoms with Crippen molar-refractivity contribution in [2.24, 2.45) is 5.92 Å². The maximum Gasteiger partial charge on any atom is 0.415 e. The Hall–Kier alpha value is -3.11. The van der Waals surface area contributed by atoms with E-state index < -0.39 is 34.1 Å². The first-order chi connectivity index (χ1) is 16.5. The van der Waals surface area contributed by atoms with Gasteiger partial charge in [0.05, 0.1) is 6.10 Å². The molecule has 0 aliphatic heterocycles. The molecular weight excluding hydrogens is 470 g/mol. The predicted molar refractivity (Wildman–Crippen MR) is 136 cm³/mol. The number of hydrogen-bond donors (Lipinski definition) is 3. The van der Waals surface area contributed by atoms with Crippen LogP contribution in [0.1, 0.15) is 50.8 Å². The summed E-state index contributed by atoms with van der Waals surface area (Å²) in [5.41, 5.74) is 1.81. The van der Waals surface area contributed by atoms with Crippen molar-refractivity contribution < 1.29 is 28.2 Å². The predicted octanol–water partition coefficient (Wildman–Crippen LogP) is 4.52. The first-order valence-electron chi connectivity index (χ1n) is 11.6. The molecule has 10 heteroatoms. The van der Waals surface area contributed by atoms with Gasteiger partial charge in [-0.1, -0.05) is 56.3 Å². The van der Waals surface area contributed by atoms with E-state index in [9.17, 15) is 28.2 Å². The van der Waals surface area contributed by atoms with E-state index in [4.69, 9.17) is 0 Å². The van der Waals surface area contributed by atoms with E-state index in [1.807, 2.05) is 44.2 Å². The van der Waals surface area contributed by atoms with Gasteiger partial charge in [-0.2, -0.15) is 0 Å².